The van der Waals surface area contributed by atoms with Crippen LogP contribution in [-0.2, 0) is 16.0 Å². The van der Waals surface area contributed by atoms with Crippen molar-refractivity contribution in [3.63, 3.8) is 0 Å². The van der Waals surface area contributed by atoms with Crippen LogP contribution in [0.1, 0.15) is 18.9 Å². The van der Waals surface area contributed by atoms with E-state index >= 15 is 0 Å². The number of ketones is 1. The summed E-state index contributed by atoms with van der Waals surface area (Å²) < 4.78 is 35.8. The van der Waals surface area contributed by atoms with Crippen molar-refractivity contribution in [3.8, 4) is 5.75 Å². The van der Waals surface area contributed by atoms with Gasteiger partial charge in [0.05, 0.1) is 7.11 Å². The molecule has 0 atom stereocenters. The molecule has 98 valence electrons. The van der Waals surface area contributed by atoms with Gasteiger partial charge in [-0.15, -0.1) is 0 Å². The standard InChI is InChI=1S/C12H12F2O4/c1-7(15)3-4-9-10(13)5-8(6-11(9)14)18-12(16)17-2/h5-6H,3-4H2,1-2H3. The van der Waals surface area contributed by atoms with E-state index in [1.54, 1.807) is 0 Å². The number of carbonyl (C=O) groups is 2. The molecular weight excluding hydrogens is 246 g/mol. The molecule has 6 heteroatoms. The Morgan fingerprint density at radius 3 is 2.22 bits per heavy atom. The van der Waals surface area contributed by atoms with Crippen LogP contribution in [-0.4, -0.2) is 19.0 Å². The summed E-state index contributed by atoms with van der Waals surface area (Å²) in [5.41, 5.74) is -0.206. The van der Waals surface area contributed by atoms with Gasteiger partial charge in [0, 0.05) is 24.1 Å². The summed E-state index contributed by atoms with van der Waals surface area (Å²) >= 11 is 0. The van der Waals surface area contributed by atoms with Gasteiger partial charge in [0.1, 0.15) is 23.2 Å². The molecule has 4 nitrogen and oxygen atoms in total. The Labute approximate surface area is 103 Å². The maximum Gasteiger partial charge on any atom is 0.513 e. The average Bonchev–Trinajstić information content (AvgIpc) is 2.27. The summed E-state index contributed by atoms with van der Waals surface area (Å²) in [5.74, 6) is -2.18. The predicted molar refractivity (Wildman–Crippen MR) is 58.4 cm³/mol. The zero-order valence-corrected chi connectivity index (χ0v) is 9.96. The van der Waals surface area contributed by atoms with Crippen LogP contribution in [0.5, 0.6) is 5.75 Å². The third kappa shape index (κ3) is 3.80. The molecule has 0 heterocycles. The molecule has 0 bridgehead atoms. The van der Waals surface area contributed by atoms with Crippen LogP contribution in [0.2, 0.25) is 0 Å². The fraction of sp³-hybridized carbons (Fsp3) is 0.333. The third-order valence-electron chi connectivity index (χ3n) is 2.21. The molecule has 0 radical (unpaired) electrons. The highest BCUT2D eigenvalue weighted by Gasteiger charge is 2.14. The molecule has 0 aliphatic heterocycles. The Bertz CT molecular complexity index is 448. The predicted octanol–water partition coefficient (Wildman–Crippen LogP) is 2.63. The van der Waals surface area contributed by atoms with Crippen molar-refractivity contribution in [3.05, 3.63) is 29.3 Å². The summed E-state index contributed by atoms with van der Waals surface area (Å²) in [7, 11) is 1.08. The summed E-state index contributed by atoms with van der Waals surface area (Å²) in [6, 6.07) is 1.74. The zero-order chi connectivity index (χ0) is 13.7. The average molecular weight is 258 g/mol. The number of Topliss-reactive ketones (excluding diaryl/α,β-unsaturated/α-hetero) is 1. The van der Waals surface area contributed by atoms with Crippen LogP contribution in [0.4, 0.5) is 13.6 Å². The van der Waals surface area contributed by atoms with Crippen LogP contribution in [0.25, 0.3) is 0 Å². The highest BCUT2D eigenvalue weighted by molar-refractivity contribution is 5.75. The van der Waals surface area contributed by atoms with Crippen LogP contribution >= 0.6 is 0 Å². The Hall–Kier alpha value is -1.98. The lowest BCUT2D eigenvalue weighted by atomic mass is 10.1. The van der Waals surface area contributed by atoms with Crippen LogP contribution < -0.4 is 4.74 Å². The van der Waals surface area contributed by atoms with Gasteiger partial charge in [-0.05, 0) is 13.3 Å². The molecule has 0 unspecified atom stereocenters. The first-order valence-corrected chi connectivity index (χ1v) is 5.17. The lowest BCUT2D eigenvalue weighted by Crippen LogP contribution is -2.09. The van der Waals surface area contributed by atoms with Crippen molar-refractivity contribution in [2.75, 3.05) is 7.11 Å². The fourth-order valence-electron chi connectivity index (χ4n) is 1.32. The number of carbonyl (C=O) groups excluding carboxylic acids is 2. The van der Waals surface area contributed by atoms with E-state index in [0.717, 1.165) is 19.2 Å². The number of halogens is 2. The molecule has 0 aliphatic rings. The summed E-state index contributed by atoms with van der Waals surface area (Å²) in [6.45, 7) is 1.34. The quantitative estimate of drug-likeness (QED) is 0.615. The largest absolute Gasteiger partial charge is 0.513 e. The van der Waals surface area contributed by atoms with Crippen molar-refractivity contribution in [2.24, 2.45) is 0 Å². The molecule has 1 aromatic rings. The Morgan fingerprint density at radius 1 is 1.22 bits per heavy atom. The van der Waals surface area contributed by atoms with E-state index in [1.165, 1.54) is 6.92 Å². The molecule has 0 saturated heterocycles. The van der Waals surface area contributed by atoms with Gasteiger partial charge in [-0.3, -0.25) is 0 Å². The number of ether oxygens (including phenoxy) is 2. The van der Waals surface area contributed by atoms with Gasteiger partial charge in [0.15, 0.2) is 0 Å². The minimum Gasteiger partial charge on any atom is -0.437 e. The Kier molecular flexibility index (Phi) is 4.76. The second-order valence-corrected chi connectivity index (χ2v) is 3.62. The topological polar surface area (TPSA) is 52.6 Å². The molecule has 0 N–H and O–H groups in total. The van der Waals surface area contributed by atoms with Gasteiger partial charge >= 0.3 is 6.16 Å². The van der Waals surface area contributed by atoms with E-state index in [0.29, 0.717) is 0 Å². The molecule has 1 rings (SSSR count). The van der Waals surface area contributed by atoms with Crippen molar-refractivity contribution < 1.29 is 27.8 Å². The van der Waals surface area contributed by atoms with Crippen molar-refractivity contribution >= 4 is 11.9 Å². The molecule has 18 heavy (non-hydrogen) atoms. The Balaban J connectivity index is 2.90. The molecule has 1 aromatic carbocycles. The highest BCUT2D eigenvalue weighted by atomic mass is 19.1. The summed E-state index contributed by atoms with van der Waals surface area (Å²) in [5, 5.41) is 0. The molecule has 0 aromatic heterocycles. The van der Waals surface area contributed by atoms with Crippen LogP contribution in [0.3, 0.4) is 0 Å². The number of hydrogen-bond donors (Lipinski definition) is 0. The van der Waals surface area contributed by atoms with Gasteiger partial charge in [0.25, 0.3) is 0 Å². The maximum absolute atomic E-state index is 13.5. The first-order chi connectivity index (χ1) is 8.43. The van der Waals surface area contributed by atoms with E-state index in [1.807, 2.05) is 0 Å². The molecule has 0 saturated carbocycles. The maximum atomic E-state index is 13.5. The number of hydrogen-bond acceptors (Lipinski definition) is 4. The van der Waals surface area contributed by atoms with Crippen LogP contribution in [0.15, 0.2) is 12.1 Å². The van der Waals surface area contributed by atoms with Crippen LogP contribution in [0, 0.1) is 11.6 Å². The number of methoxy groups -OCH3 is 1. The van der Waals surface area contributed by atoms with Gasteiger partial charge in [0.2, 0.25) is 0 Å². The lowest BCUT2D eigenvalue weighted by Gasteiger charge is -2.07. The minimum absolute atomic E-state index is 0.0362. The highest BCUT2D eigenvalue weighted by Crippen LogP contribution is 2.22. The second-order valence-electron chi connectivity index (χ2n) is 3.62. The van der Waals surface area contributed by atoms with Gasteiger partial charge in [-0.2, -0.15) is 0 Å². The SMILES string of the molecule is COC(=O)Oc1cc(F)c(CCC(C)=O)c(F)c1. The van der Waals surface area contributed by atoms with E-state index in [-0.39, 0.29) is 29.9 Å². The summed E-state index contributed by atoms with van der Waals surface area (Å²) in [6.07, 6.45) is -1.05. The van der Waals surface area contributed by atoms with Gasteiger partial charge < -0.3 is 14.3 Å². The lowest BCUT2D eigenvalue weighted by molar-refractivity contribution is -0.116. The monoisotopic (exact) mass is 258 g/mol. The Morgan fingerprint density at radius 2 is 1.78 bits per heavy atom. The smallest absolute Gasteiger partial charge is 0.437 e. The van der Waals surface area contributed by atoms with E-state index < -0.39 is 17.8 Å². The van der Waals surface area contributed by atoms with Gasteiger partial charge in [-0.25, -0.2) is 13.6 Å². The normalized spacial score (nSPS) is 10.0. The van der Waals surface area contributed by atoms with Crippen molar-refractivity contribution in [2.45, 2.75) is 19.8 Å². The second kappa shape index (κ2) is 6.09. The van der Waals surface area contributed by atoms with Crippen molar-refractivity contribution in [1.82, 2.24) is 0 Å². The molecule has 0 fully saturated rings. The van der Waals surface area contributed by atoms with Gasteiger partial charge in [-0.1, -0.05) is 0 Å². The number of benzene rings is 1. The molecule has 0 aliphatic carbocycles. The first kappa shape index (κ1) is 14.1. The van der Waals surface area contributed by atoms with E-state index in [4.69, 9.17) is 0 Å². The molecule has 0 amide bonds. The molecular formula is C12H12F2O4. The van der Waals surface area contributed by atoms with E-state index in [2.05, 4.69) is 9.47 Å². The summed E-state index contributed by atoms with van der Waals surface area (Å²) in [4.78, 5) is 21.5. The molecule has 0 spiro atoms. The zero-order valence-electron chi connectivity index (χ0n) is 9.96. The number of rotatable bonds is 4. The fourth-order valence-corrected chi connectivity index (χ4v) is 1.32. The first-order valence-electron chi connectivity index (χ1n) is 5.17. The third-order valence-corrected chi connectivity index (χ3v) is 2.21. The minimum atomic E-state index is -1.06. The van der Waals surface area contributed by atoms with E-state index in [9.17, 15) is 18.4 Å². The van der Waals surface area contributed by atoms with Crippen molar-refractivity contribution in [1.29, 1.82) is 0 Å².